The van der Waals surface area contributed by atoms with Crippen LogP contribution in [-0.2, 0) is 9.53 Å². The Kier molecular flexibility index (Phi) is 8.56. The summed E-state index contributed by atoms with van der Waals surface area (Å²) in [7, 11) is 1.88. The van der Waals surface area contributed by atoms with Gasteiger partial charge in [0.2, 0.25) is 5.91 Å². The summed E-state index contributed by atoms with van der Waals surface area (Å²) in [6, 6.07) is 0. The molecule has 0 radical (unpaired) electrons. The number of carbonyl (C=O) groups is 1. The zero-order valence-corrected chi connectivity index (χ0v) is 14.0. The number of nitrogens with one attached hydrogen (secondary N) is 2. The molecular weight excluding hydrogens is 290 g/mol. The average molecular weight is 320 g/mol. The number of nitrogens with zero attached hydrogens (tertiary/aromatic N) is 1. The maximum absolute atomic E-state index is 11.9. The number of ether oxygens (including phenoxy) is 1. The van der Waals surface area contributed by atoms with Gasteiger partial charge in [-0.3, -0.25) is 9.69 Å². The topological polar surface area (TPSA) is 53.6 Å². The van der Waals surface area contributed by atoms with E-state index in [9.17, 15) is 4.79 Å². The van der Waals surface area contributed by atoms with Crippen LogP contribution in [0.4, 0.5) is 0 Å². The fourth-order valence-electron chi connectivity index (χ4n) is 3.44. The first-order valence-corrected chi connectivity index (χ1v) is 8.01. The van der Waals surface area contributed by atoms with E-state index < -0.39 is 0 Å². The van der Waals surface area contributed by atoms with Crippen molar-refractivity contribution >= 4 is 18.3 Å². The minimum absolute atomic E-state index is 0. The molecule has 6 heteroatoms. The number of hydrogen-bond donors (Lipinski definition) is 2. The predicted molar refractivity (Wildman–Crippen MR) is 87.0 cm³/mol. The van der Waals surface area contributed by atoms with Crippen LogP contribution in [-0.4, -0.2) is 62.8 Å². The number of carbonyl (C=O) groups excluding carboxylic acids is 1. The van der Waals surface area contributed by atoms with Crippen molar-refractivity contribution in [3.05, 3.63) is 0 Å². The van der Waals surface area contributed by atoms with Gasteiger partial charge in [-0.2, -0.15) is 0 Å². The molecule has 2 rings (SSSR count). The number of hydrogen-bond acceptors (Lipinski definition) is 4. The molecule has 2 N–H and O–H groups in total. The molecule has 1 amide bonds. The Bertz CT molecular complexity index is 303. The van der Waals surface area contributed by atoms with E-state index in [1.54, 1.807) is 0 Å². The third-order valence-corrected chi connectivity index (χ3v) is 4.68. The molecule has 5 nitrogen and oxygen atoms in total. The summed E-state index contributed by atoms with van der Waals surface area (Å²) in [5, 5.41) is 6.19. The SMILES string of the molecule is CNCCC(=O)NCC1(N2CCOCC2)CCCCC1.Cl. The molecule has 2 fully saturated rings. The third-order valence-electron chi connectivity index (χ3n) is 4.68. The fourth-order valence-corrected chi connectivity index (χ4v) is 3.44. The van der Waals surface area contributed by atoms with E-state index in [0.717, 1.165) is 39.4 Å². The van der Waals surface area contributed by atoms with Crippen molar-refractivity contribution in [3.8, 4) is 0 Å². The summed E-state index contributed by atoms with van der Waals surface area (Å²) >= 11 is 0. The van der Waals surface area contributed by atoms with E-state index in [-0.39, 0.29) is 23.9 Å². The van der Waals surface area contributed by atoms with Crippen LogP contribution in [0.3, 0.4) is 0 Å². The largest absolute Gasteiger partial charge is 0.379 e. The molecule has 1 heterocycles. The molecule has 0 atom stereocenters. The lowest BCUT2D eigenvalue weighted by atomic mass is 9.79. The van der Waals surface area contributed by atoms with Crippen molar-refractivity contribution in [2.75, 3.05) is 46.4 Å². The summed E-state index contributed by atoms with van der Waals surface area (Å²) in [5.41, 5.74) is 0.178. The lowest BCUT2D eigenvalue weighted by Gasteiger charge is -2.48. The Morgan fingerprint density at radius 1 is 1.19 bits per heavy atom. The van der Waals surface area contributed by atoms with Crippen molar-refractivity contribution in [1.82, 2.24) is 15.5 Å². The Balaban J connectivity index is 0.00000220. The van der Waals surface area contributed by atoms with E-state index >= 15 is 0 Å². The highest BCUT2D eigenvalue weighted by Crippen LogP contribution is 2.33. The van der Waals surface area contributed by atoms with Gasteiger partial charge in [0.25, 0.3) is 0 Å². The zero-order chi connectivity index (χ0) is 14.3. The molecule has 0 aromatic carbocycles. The van der Waals surface area contributed by atoms with E-state index in [1.807, 2.05) is 7.05 Å². The molecule has 21 heavy (non-hydrogen) atoms. The lowest BCUT2D eigenvalue weighted by molar-refractivity contribution is -0.122. The van der Waals surface area contributed by atoms with Gasteiger partial charge < -0.3 is 15.4 Å². The van der Waals surface area contributed by atoms with Gasteiger partial charge in [0.15, 0.2) is 0 Å². The van der Waals surface area contributed by atoms with Crippen LogP contribution in [0.1, 0.15) is 38.5 Å². The Labute approximate surface area is 134 Å². The first kappa shape index (κ1) is 18.7. The van der Waals surface area contributed by atoms with Gasteiger partial charge in [0.1, 0.15) is 0 Å². The van der Waals surface area contributed by atoms with Gasteiger partial charge in [-0.1, -0.05) is 19.3 Å². The molecule has 124 valence electrons. The Morgan fingerprint density at radius 3 is 2.48 bits per heavy atom. The van der Waals surface area contributed by atoms with E-state index in [1.165, 1.54) is 32.1 Å². The summed E-state index contributed by atoms with van der Waals surface area (Å²) in [5.74, 6) is 0.164. The third kappa shape index (κ3) is 5.40. The molecule has 1 aliphatic carbocycles. The molecule has 2 aliphatic rings. The van der Waals surface area contributed by atoms with E-state index in [4.69, 9.17) is 4.74 Å². The molecule has 0 bridgehead atoms. The van der Waals surface area contributed by atoms with Gasteiger partial charge in [-0.05, 0) is 19.9 Å². The highest BCUT2D eigenvalue weighted by Gasteiger charge is 2.38. The van der Waals surface area contributed by atoms with Gasteiger partial charge in [-0.15, -0.1) is 12.4 Å². The maximum Gasteiger partial charge on any atom is 0.221 e. The van der Waals surface area contributed by atoms with Crippen LogP contribution >= 0.6 is 12.4 Å². The second kappa shape index (κ2) is 9.62. The summed E-state index contributed by atoms with van der Waals surface area (Å²) in [6.07, 6.45) is 6.88. The summed E-state index contributed by atoms with van der Waals surface area (Å²) in [4.78, 5) is 14.4. The highest BCUT2D eigenvalue weighted by molar-refractivity contribution is 5.85. The summed E-state index contributed by atoms with van der Waals surface area (Å²) < 4.78 is 5.48. The second-order valence-electron chi connectivity index (χ2n) is 6.01. The molecule has 0 aromatic rings. The number of halogens is 1. The van der Waals surface area contributed by atoms with Crippen LogP contribution in [0.5, 0.6) is 0 Å². The molecule has 0 aromatic heterocycles. The average Bonchev–Trinajstić information content (AvgIpc) is 2.52. The van der Waals surface area contributed by atoms with Crippen LogP contribution in [0.2, 0.25) is 0 Å². The van der Waals surface area contributed by atoms with Crippen LogP contribution in [0.15, 0.2) is 0 Å². The maximum atomic E-state index is 11.9. The van der Waals surface area contributed by atoms with Crippen molar-refractivity contribution < 1.29 is 9.53 Å². The quantitative estimate of drug-likeness (QED) is 0.771. The monoisotopic (exact) mass is 319 g/mol. The van der Waals surface area contributed by atoms with Gasteiger partial charge in [-0.25, -0.2) is 0 Å². The van der Waals surface area contributed by atoms with Gasteiger partial charge in [0, 0.05) is 38.1 Å². The summed E-state index contributed by atoms with van der Waals surface area (Å²) in [6.45, 7) is 5.22. The van der Waals surface area contributed by atoms with Crippen LogP contribution < -0.4 is 10.6 Å². The van der Waals surface area contributed by atoms with Crippen LogP contribution in [0, 0.1) is 0 Å². The first-order valence-electron chi connectivity index (χ1n) is 8.01. The molecule has 1 saturated heterocycles. The molecular formula is C15H30ClN3O2. The number of morpholine rings is 1. The molecule has 0 spiro atoms. The Morgan fingerprint density at radius 2 is 1.86 bits per heavy atom. The minimum Gasteiger partial charge on any atom is -0.379 e. The smallest absolute Gasteiger partial charge is 0.221 e. The fraction of sp³-hybridized carbons (Fsp3) is 0.933. The molecule has 1 aliphatic heterocycles. The zero-order valence-electron chi connectivity index (χ0n) is 13.2. The van der Waals surface area contributed by atoms with E-state index in [0.29, 0.717) is 6.42 Å². The standard InChI is InChI=1S/C15H29N3O2.ClH/c1-16-8-5-14(19)17-13-15(6-3-2-4-7-15)18-9-11-20-12-10-18;/h16H,2-13H2,1H3,(H,17,19);1H. The van der Waals surface area contributed by atoms with Crippen molar-refractivity contribution in [1.29, 1.82) is 0 Å². The van der Waals surface area contributed by atoms with Gasteiger partial charge in [0.05, 0.1) is 13.2 Å². The van der Waals surface area contributed by atoms with Crippen molar-refractivity contribution in [2.24, 2.45) is 0 Å². The Hall–Kier alpha value is -0.360. The molecule has 1 saturated carbocycles. The molecule has 0 unspecified atom stereocenters. The van der Waals surface area contributed by atoms with Crippen molar-refractivity contribution in [2.45, 2.75) is 44.1 Å². The normalized spacial score (nSPS) is 22.3. The highest BCUT2D eigenvalue weighted by atomic mass is 35.5. The minimum atomic E-state index is 0. The van der Waals surface area contributed by atoms with Gasteiger partial charge >= 0.3 is 0 Å². The van der Waals surface area contributed by atoms with Crippen molar-refractivity contribution in [3.63, 3.8) is 0 Å². The first-order chi connectivity index (χ1) is 9.77. The number of rotatable bonds is 6. The predicted octanol–water partition coefficient (Wildman–Crippen LogP) is 1.17. The lowest BCUT2D eigenvalue weighted by Crippen LogP contribution is -2.59. The van der Waals surface area contributed by atoms with E-state index in [2.05, 4.69) is 15.5 Å². The van der Waals surface area contributed by atoms with Crippen LogP contribution in [0.25, 0.3) is 0 Å². The number of amides is 1. The second-order valence-corrected chi connectivity index (χ2v) is 6.01.